The van der Waals surface area contributed by atoms with Gasteiger partial charge in [-0.1, -0.05) is 72.3 Å². The molecule has 1 heterocycles. The number of anilines is 1. The molecule has 0 aliphatic heterocycles. The fourth-order valence-corrected chi connectivity index (χ4v) is 3.20. The summed E-state index contributed by atoms with van der Waals surface area (Å²) in [6.07, 6.45) is 3.92. The molecule has 0 saturated carbocycles. The minimum absolute atomic E-state index is 0.139. The van der Waals surface area contributed by atoms with Crippen molar-refractivity contribution in [2.75, 3.05) is 5.32 Å². The standard InChI is InChI=1S/C23H18ClN3O/c24-18-10-4-5-11-19(18)26-23(28)16-27-21-13-7-6-12-20(21)25-22(27)15-14-17-8-2-1-3-9-17/h1-15H,16H2,(H,26,28)/b15-14+. The third-order valence-electron chi connectivity index (χ3n) is 4.36. The minimum Gasteiger partial charge on any atom is -0.323 e. The topological polar surface area (TPSA) is 46.9 Å². The summed E-state index contributed by atoms with van der Waals surface area (Å²) in [4.78, 5) is 17.3. The van der Waals surface area contributed by atoms with E-state index >= 15 is 0 Å². The van der Waals surface area contributed by atoms with Gasteiger partial charge in [0.1, 0.15) is 12.4 Å². The normalized spacial score (nSPS) is 11.2. The van der Waals surface area contributed by atoms with Gasteiger partial charge in [0.2, 0.25) is 5.91 Å². The van der Waals surface area contributed by atoms with Crippen LogP contribution >= 0.6 is 11.6 Å². The van der Waals surface area contributed by atoms with Crippen molar-refractivity contribution < 1.29 is 4.79 Å². The van der Waals surface area contributed by atoms with E-state index in [0.29, 0.717) is 10.7 Å². The lowest BCUT2D eigenvalue weighted by atomic mass is 10.2. The zero-order chi connectivity index (χ0) is 19.3. The zero-order valence-corrected chi connectivity index (χ0v) is 15.8. The first-order chi connectivity index (χ1) is 13.7. The van der Waals surface area contributed by atoms with E-state index in [1.54, 1.807) is 12.1 Å². The number of para-hydroxylation sites is 3. The van der Waals surface area contributed by atoms with E-state index in [2.05, 4.69) is 10.3 Å². The van der Waals surface area contributed by atoms with Gasteiger partial charge < -0.3 is 9.88 Å². The summed E-state index contributed by atoms with van der Waals surface area (Å²) in [7, 11) is 0. The minimum atomic E-state index is -0.161. The molecule has 0 saturated heterocycles. The third kappa shape index (κ3) is 3.97. The Kier molecular flexibility index (Phi) is 5.22. The number of hydrogen-bond donors (Lipinski definition) is 1. The van der Waals surface area contributed by atoms with E-state index < -0.39 is 0 Å². The van der Waals surface area contributed by atoms with Crippen LogP contribution < -0.4 is 5.32 Å². The third-order valence-corrected chi connectivity index (χ3v) is 4.69. The predicted octanol–water partition coefficient (Wildman–Crippen LogP) is 5.50. The largest absolute Gasteiger partial charge is 0.323 e. The first-order valence-electron chi connectivity index (χ1n) is 8.93. The highest BCUT2D eigenvalue weighted by Crippen LogP contribution is 2.22. The van der Waals surface area contributed by atoms with Gasteiger partial charge in [0.05, 0.1) is 21.7 Å². The molecule has 0 spiro atoms. The Morgan fingerprint density at radius 1 is 0.929 bits per heavy atom. The Hall–Kier alpha value is -3.37. The maximum Gasteiger partial charge on any atom is 0.244 e. The van der Waals surface area contributed by atoms with Crippen molar-refractivity contribution in [2.24, 2.45) is 0 Å². The number of amides is 1. The number of aromatic nitrogens is 2. The lowest BCUT2D eigenvalue weighted by Crippen LogP contribution is -2.19. The quantitative estimate of drug-likeness (QED) is 0.491. The highest BCUT2D eigenvalue weighted by Gasteiger charge is 2.13. The van der Waals surface area contributed by atoms with E-state index in [4.69, 9.17) is 11.6 Å². The Labute approximate surface area is 168 Å². The van der Waals surface area contributed by atoms with Crippen molar-refractivity contribution in [3.8, 4) is 0 Å². The summed E-state index contributed by atoms with van der Waals surface area (Å²) in [5.74, 6) is 0.560. The molecular weight excluding hydrogens is 370 g/mol. The smallest absolute Gasteiger partial charge is 0.244 e. The predicted molar refractivity (Wildman–Crippen MR) is 115 cm³/mol. The van der Waals surface area contributed by atoms with Gasteiger partial charge in [-0.3, -0.25) is 4.79 Å². The van der Waals surface area contributed by atoms with Crippen LogP contribution in [0.3, 0.4) is 0 Å². The zero-order valence-electron chi connectivity index (χ0n) is 15.0. The molecule has 3 aromatic carbocycles. The molecule has 0 bridgehead atoms. The van der Waals surface area contributed by atoms with Crippen molar-refractivity contribution in [3.05, 3.63) is 95.3 Å². The molecule has 138 valence electrons. The van der Waals surface area contributed by atoms with Gasteiger partial charge in [-0.25, -0.2) is 4.98 Å². The van der Waals surface area contributed by atoms with Crippen molar-refractivity contribution in [3.63, 3.8) is 0 Å². The van der Waals surface area contributed by atoms with E-state index in [-0.39, 0.29) is 12.5 Å². The van der Waals surface area contributed by atoms with E-state index in [1.165, 1.54) is 0 Å². The Balaban J connectivity index is 1.64. The summed E-state index contributed by atoms with van der Waals surface area (Å²) in [5, 5.41) is 3.38. The molecular formula is C23H18ClN3O. The summed E-state index contributed by atoms with van der Waals surface area (Å²) in [6.45, 7) is 0.139. The number of rotatable bonds is 5. The molecule has 4 aromatic rings. The first kappa shape index (κ1) is 18.0. The molecule has 0 aliphatic rings. The fraction of sp³-hybridized carbons (Fsp3) is 0.0435. The first-order valence-corrected chi connectivity index (χ1v) is 9.31. The fourth-order valence-electron chi connectivity index (χ4n) is 3.02. The molecule has 1 N–H and O–H groups in total. The number of nitrogens with one attached hydrogen (secondary N) is 1. The molecule has 4 nitrogen and oxygen atoms in total. The van der Waals surface area contributed by atoms with Crippen molar-refractivity contribution in [2.45, 2.75) is 6.54 Å². The molecule has 1 amide bonds. The van der Waals surface area contributed by atoms with Crippen LogP contribution in [0.25, 0.3) is 23.2 Å². The van der Waals surface area contributed by atoms with Crippen molar-refractivity contribution >= 4 is 46.4 Å². The van der Waals surface area contributed by atoms with Gasteiger partial charge in [0, 0.05) is 0 Å². The van der Waals surface area contributed by atoms with Crippen molar-refractivity contribution in [1.29, 1.82) is 0 Å². The molecule has 4 rings (SSSR count). The summed E-state index contributed by atoms with van der Waals surface area (Å²) in [5.41, 5.74) is 3.42. The van der Waals surface area contributed by atoms with Crippen LogP contribution in [0.4, 0.5) is 5.69 Å². The van der Waals surface area contributed by atoms with Gasteiger partial charge in [-0.15, -0.1) is 0 Å². The van der Waals surface area contributed by atoms with Crippen molar-refractivity contribution in [1.82, 2.24) is 9.55 Å². The molecule has 5 heteroatoms. The van der Waals surface area contributed by atoms with Crippen LogP contribution in [0, 0.1) is 0 Å². The van der Waals surface area contributed by atoms with Crippen LogP contribution in [-0.2, 0) is 11.3 Å². The number of imidazole rings is 1. The number of carbonyl (C=O) groups is 1. The lowest BCUT2D eigenvalue weighted by Gasteiger charge is -2.09. The van der Waals surface area contributed by atoms with Gasteiger partial charge in [-0.2, -0.15) is 0 Å². The maximum atomic E-state index is 12.7. The maximum absolute atomic E-state index is 12.7. The molecule has 0 unspecified atom stereocenters. The summed E-state index contributed by atoms with van der Waals surface area (Å²) >= 11 is 6.15. The Bertz CT molecular complexity index is 1150. The molecule has 28 heavy (non-hydrogen) atoms. The number of fused-ring (bicyclic) bond motifs is 1. The second kappa shape index (κ2) is 8.11. The molecule has 1 aromatic heterocycles. The van der Waals surface area contributed by atoms with E-state index in [9.17, 15) is 4.79 Å². The van der Waals surface area contributed by atoms with E-state index in [1.807, 2.05) is 83.4 Å². The molecule has 0 radical (unpaired) electrons. The van der Waals surface area contributed by atoms with Gasteiger partial charge in [0.25, 0.3) is 0 Å². The van der Waals surface area contributed by atoms with Gasteiger partial charge in [0.15, 0.2) is 0 Å². The number of hydrogen-bond acceptors (Lipinski definition) is 2. The summed E-state index contributed by atoms with van der Waals surface area (Å²) < 4.78 is 1.90. The number of halogens is 1. The second-order valence-corrected chi connectivity index (χ2v) is 6.72. The highest BCUT2D eigenvalue weighted by molar-refractivity contribution is 6.33. The average Bonchev–Trinajstić information content (AvgIpc) is 3.06. The summed E-state index contributed by atoms with van der Waals surface area (Å²) in [6, 6.07) is 25.0. The molecule has 0 aliphatic carbocycles. The lowest BCUT2D eigenvalue weighted by molar-refractivity contribution is -0.116. The van der Waals surface area contributed by atoms with Gasteiger partial charge in [-0.05, 0) is 35.9 Å². The Morgan fingerprint density at radius 3 is 2.46 bits per heavy atom. The van der Waals surface area contributed by atoms with Crippen LogP contribution in [0.1, 0.15) is 11.4 Å². The van der Waals surface area contributed by atoms with Gasteiger partial charge >= 0.3 is 0 Å². The van der Waals surface area contributed by atoms with Crippen LogP contribution in [-0.4, -0.2) is 15.5 Å². The highest BCUT2D eigenvalue weighted by atomic mass is 35.5. The number of nitrogens with zero attached hydrogens (tertiary/aromatic N) is 2. The monoisotopic (exact) mass is 387 g/mol. The molecule has 0 atom stereocenters. The second-order valence-electron chi connectivity index (χ2n) is 6.32. The SMILES string of the molecule is O=C(Cn1c(/C=C/c2ccccc2)nc2ccccc21)Nc1ccccc1Cl. The number of benzene rings is 3. The average molecular weight is 388 g/mol. The molecule has 0 fully saturated rings. The Morgan fingerprint density at radius 2 is 1.64 bits per heavy atom. The van der Waals surface area contributed by atoms with Crippen LogP contribution in [0.15, 0.2) is 78.9 Å². The number of carbonyl (C=O) groups excluding carboxylic acids is 1. The van der Waals surface area contributed by atoms with Crippen LogP contribution in [0.2, 0.25) is 5.02 Å². The van der Waals surface area contributed by atoms with E-state index in [0.717, 1.165) is 22.4 Å². The van der Waals surface area contributed by atoms with Crippen LogP contribution in [0.5, 0.6) is 0 Å².